The maximum Gasteiger partial charge on any atom is 0 e. The third-order valence-electron chi connectivity index (χ3n) is 1.96. The molecule has 0 aromatic heterocycles. The predicted octanol–water partition coefficient (Wildman–Crippen LogP) is 4.29. The molecule has 0 saturated heterocycles. The molecule has 1 radical (unpaired) electrons. The van der Waals surface area contributed by atoms with Gasteiger partial charge >= 0.3 is 0 Å². The fraction of sp³-hybridized carbons (Fsp3) is 0.200. The third-order valence-corrected chi connectivity index (χ3v) is 1.96. The molecular formula is C15H16Y-2. The van der Waals surface area contributed by atoms with Crippen LogP contribution in [0, 0.1) is 19.1 Å². The van der Waals surface area contributed by atoms with Crippen molar-refractivity contribution in [3.05, 3.63) is 60.2 Å². The summed E-state index contributed by atoms with van der Waals surface area (Å²) < 4.78 is 0. The number of benzene rings is 2. The maximum atomic E-state index is 3.19. The molecule has 0 atom stereocenters. The van der Waals surface area contributed by atoms with Crippen molar-refractivity contribution < 1.29 is 32.7 Å². The Morgan fingerprint density at radius 2 is 1.56 bits per heavy atom. The van der Waals surface area contributed by atoms with E-state index in [1.807, 2.05) is 50.2 Å². The third kappa shape index (κ3) is 4.59. The molecule has 0 nitrogen and oxygen atoms in total. The summed E-state index contributed by atoms with van der Waals surface area (Å²) in [5, 5.41) is 0. The van der Waals surface area contributed by atoms with Gasteiger partial charge in [-0.25, -0.2) is 11.1 Å². The van der Waals surface area contributed by atoms with Gasteiger partial charge in [0.25, 0.3) is 0 Å². The zero-order valence-electron chi connectivity index (χ0n) is 10.1. The standard InChI is InChI=1S/C13H10.C2H6.Y/c1-11-6-5-9-13(10-11)12-7-3-2-4-8-12;1-2;/h2-7,10H,1H3;1-2H3;/q-2;;. The second-order valence-corrected chi connectivity index (χ2v) is 3.06. The second kappa shape index (κ2) is 8.67. The Balaban J connectivity index is 0.000000711. The molecule has 0 spiro atoms. The molecule has 0 fully saturated rings. The van der Waals surface area contributed by atoms with E-state index in [1.54, 1.807) is 0 Å². The van der Waals surface area contributed by atoms with Gasteiger partial charge in [-0.3, -0.25) is 0 Å². The fourth-order valence-electron chi connectivity index (χ4n) is 1.30. The Kier molecular flexibility index (Phi) is 8.42. The van der Waals surface area contributed by atoms with Gasteiger partial charge in [-0.2, -0.15) is 42.5 Å². The van der Waals surface area contributed by atoms with Crippen molar-refractivity contribution >= 4 is 0 Å². The Labute approximate surface area is 124 Å². The first-order chi connectivity index (χ1) is 7.36. The van der Waals surface area contributed by atoms with E-state index in [-0.39, 0.29) is 32.7 Å². The van der Waals surface area contributed by atoms with Crippen molar-refractivity contribution in [1.29, 1.82) is 0 Å². The van der Waals surface area contributed by atoms with Crippen LogP contribution in [0.2, 0.25) is 0 Å². The van der Waals surface area contributed by atoms with Crippen LogP contribution >= 0.6 is 0 Å². The Morgan fingerprint density at radius 3 is 2.12 bits per heavy atom. The van der Waals surface area contributed by atoms with Crippen molar-refractivity contribution in [2.24, 2.45) is 0 Å². The molecule has 2 aromatic rings. The average Bonchev–Trinajstić information content (AvgIpc) is 2.33. The summed E-state index contributed by atoms with van der Waals surface area (Å²) >= 11 is 0. The normalized spacial score (nSPS) is 8.44. The Morgan fingerprint density at radius 1 is 0.875 bits per heavy atom. The minimum Gasteiger partial charge on any atom is -0.226 e. The Bertz CT molecular complexity index is 393. The van der Waals surface area contributed by atoms with Gasteiger partial charge in [0, 0.05) is 32.7 Å². The van der Waals surface area contributed by atoms with E-state index >= 15 is 0 Å². The van der Waals surface area contributed by atoms with Gasteiger partial charge < -0.3 is 0 Å². The summed E-state index contributed by atoms with van der Waals surface area (Å²) in [5.74, 6) is 0. The topological polar surface area (TPSA) is 0 Å². The minimum atomic E-state index is 0. The van der Waals surface area contributed by atoms with Gasteiger partial charge in [0.05, 0.1) is 0 Å². The number of aryl methyl sites for hydroxylation is 1. The van der Waals surface area contributed by atoms with Crippen LogP contribution < -0.4 is 0 Å². The quantitative estimate of drug-likeness (QED) is 0.686. The van der Waals surface area contributed by atoms with Crippen LogP contribution in [-0.4, -0.2) is 0 Å². The molecule has 0 amide bonds. The molecule has 81 valence electrons. The maximum absolute atomic E-state index is 3.19. The summed E-state index contributed by atoms with van der Waals surface area (Å²) in [7, 11) is 0. The van der Waals surface area contributed by atoms with E-state index in [1.165, 1.54) is 5.56 Å². The van der Waals surface area contributed by atoms with Crippen LogP contribution in [0.3, 0.4) is 0 Å². The second-order valence-electron chi connectivity index (χ2n) is 3.06. The largest absolute Gasteiger partial charge is 0.226 e. The van der Waals surface area contributed by atoms with E-state index in [2.05, 4.69) is 25.1 Å². The van der Waals surface area contributed by atoms with Gasteiger partial charge in [-0.1, -0.05) is 20.8 Å². The molecule has 0 bridgehead atoms. The summed E-state index contributed by atoms with van der Waals surface area (Å²) in [5.41, 5.74) is 3.47. The van der Waals surface area contributed by atoms with Crippen LogP contribution in [0.1, 0.15) is 19.4 Å². The van der Waals surface area contributed by atoms with E-state index in [0.29, 0.717) is 0 Å². The summed E-state index contributed by atoms with van der Waals surface area (Å²) in [6, 6.07) is 20.4. The Hall–Kier alpha value is -0.456. The number of hydrogen-bond donors (Lipinski definition) is 0. The molecule has 0 aliphatic carbocycles. The molecule has 0 aliphatic heterocycles. The molecule has 0 heterocycles. The van der Waals surface area contributed by atoms with Crippen LogP contribution in [0.15, 0.2) is 42.5 Å². The van der Waals surface area contributed by atoms with Crippen LogP contribution in [0.4, 0.5) is 0 Å². The predicted molar refractivity (Wildman–Crippen MR) is 65.6 cm³/mol. The summed E-state index contributed by atoms with van der Waals surface area (Å²) in [6.07, 6.45) is 0. The first kappa shape index (κ1) is 15.5. The van der Waals surface area contributed by atoms with Gasteiger partial charge in [0.2, 0.25) is 0 Å². The van der Waals surface area contributed by atoms with E-state index in [9.17, 15) is 0 Å². The average molecular weight is 285 g/mol. The van der Waals surface area contributed by atoms with Gasteiger partial charge in [0.1, 0.15) is 0 Å². The molecule has 1 heteroatoms. The minimum absolute atomic E-state index is 0. The van der Waals surface area contributed by atoms with Gasteiger partial charge in [0.15, 0.2) is 0 Å². The van der Waals surface area contributed by atoms with Crippen LogP contribution in [0.5, 0.6) is 0 Å². The van der Waals surface area contributed by atoms with Crippen molar-refractivity contribution in [2.45, 2.75) is 20.8 Å². The first-order valence-electron chi connectivity index (χ1n) is 5.32. The SMILES string of the molecule is CC.Cc1cc[c-]c(-c2[c-]cccc2)c1.[Y]. The van der Waals surface area contributed by atoms with Crippen LogP contribution in [-0.2, 0) is 32.7 Å². The molecule has 0 aliphatic rings. The molecule has 2 rings (SSSR count). The molecular weight excluding hydrogens is 269 g/mol. The van der Waals surface area contributed by atoms with Gasteiger partial charge in [-0.15, -0.1) is 17.7 Å². The van der Waals surface area contributed by atoms with Crippen molar-refractivity contribution in [3.63, 3.8) is 0 Å². The number of hydrogen-bond acceptors (Lipinski definition) is 0. The van der Waals surface area contributed by atoms with Crippen molar-refractivity contribution in [2.75, 3.05) is 0 Å². The molecule has 0 saturated carbocycles. The monoisotopic (exact) mass is 285 g/mol. The van der Waals surface area contributed by atoms with E-state index < -0.39 is 0 Å². The summed E-state index contributed by atoms with van der Waals surface area (Å²) in [6.45, 7) is 6.08. The van der Waals surface area contributed by atoms with E-state index in [4.69, 9.17) is 0 Å². The van der Waals surface area contributed by atoms with Crippen molar-refractivity contribution in [1.82, 2.24) is 0 Å². The number of rotatable bonds is 1. The zero-order valence-corrected chi connectivity index (χ0v) is 13.0. The fourth-order valence-corrected chi connectivity index (χ4v) is 1.30. The molecule has 0 unspecified atom stereocenters. The van der Waals surface area contributed by atoms with Crippen LogP contribution in [0.25, 0.3) is 11.1 Å². The molecule has 0 N–H and O–H groups in total. The smallest absolute Gasteiger partial charge is 0 e. The van der Waals surface area contributed by atoms with Crippen molar-refractivity contribution in [3.8, 4) is 11.1 Å². The molecule has 16 heavy (non-hydrogen) atoms. The summed E-state index contributed by atoms with van der Waals surface area (Å²) in [4.78, 5) is 0. The first-order valence-corrected chi connectivity index (χ1v) is 5.32. The molecule has 2 aromatic carbocycles. The zero-order chi connectivity index (χ0) is 11.1. The van der Waals surface area contributed by atoms with E-state index in [0.717, 1.165) is 11.1 Å². The van der Waals surface area contributed by atoms with Gasteiger partial charge in [-0.05, 0) is 0 Å².